The van der Waals surface area contributed by atoms with E-state index < -0.39 is 0 Å². The monoisotopic (exact) mass is 134 g/mol. The third kappa shape index (κ3) is 0.856. The Kier molecular flexibility index (Phi) is 1.31. The summed E-state index contributed by atoms with van der Waals surface area (Å²) in [5, 5.41) is 3.22. The lowest BCUT2D eigenvalue weighted by molar-refractivity contribution is 0.771. The molecule has 1 unspecified atom stereocenters. The van der Waals surface area contributed by atoms with Crippen LogP contribution in [0.15, 0.2) is 28.9 Å². The topological polar surface area (TPSA) is 24.4 Å². The molecule has 0 fully saturated rings. The van der Waals surface area contributed by atoms with Gasteiger partial charge >= 0.3 is 0 Å². The second-order valence-corrected chi connectivity index (χ2v) is 2.54. The highest BCUT2D eigenvalue weighted by molar-refractivity contribution is 5.71. The number of rotatable bonds is 0. The Labute approximate surface area is 60.3 Å². The summed E-state index contributed by atoms with van der Waals surface area (Å²) in [6, 6.07) is 0.388. The molecule has 2 heteroatoms. The first-order chi connectivity index (χ1) is 4.97. The van der Waals surface area contributed by atoms with Crippen LogP contribution in [-0.4, -0.2) is 18.8 Å². The number of nitrogens with zero attached hydrogens (tertiary/aromatic N) is 1. The van der Waals surface area contributed by atoms with Crippen LogP contribution in [0.3, 0.4) is 0 Å². The molecule has 0 aromatic heterocycles. The number of hydrogen-bond donors (Lipinski definition) is 1. The molecule has 2 aliphatic heterocycles. The van der Waals surface area contributed by atoms with Crippen molar-refractivity contribution in [2.75, 3.05) is 6.54 Å². The lowest BCUT2D eigenvalue weighted by Gasteiger charge is -2.22. The lowest BCUT2D eigenvalue weighted by atomic mass is 10.0. The van der Waals surface area contributed by atoms with Crippen molar-refractivity contribution in [3.8, 4) is 0 Å². The quantitative estimate of drug-likeness (QED) is 0.488. The van der Waals surface area contributed by atoms with E-state index in [2.05, 4.69) is 22.5 Å². The molecule has 0 aromatic carbocycles. The van der Waals surface area contributed by atoms with Gasteiger partial charge in [0, 0.05) is 6.21 Å². The average molecular weight is 134 g/mol. The van der Waals surface area contributed by atoms with Crippen molar-refractivity contribution in [1.29, 1.82) is 0 Å². The van der Waals surface area contributed by atoms with Crippen molar-refractivity contribution in [2.24, 2.45) is 4.99 Å². The normalized spacial score (nSPS) is 28.8. The van der Waals surface area contributed by atoms with E-state index in [1.54, 1.807) is 0 Å². The fraction of sp³-hybridized carbons (Fsp3) is 0.375. The number of dihydropyridines is 1. The highest BCUT2D eigenvalue weighted by Crippen LogP contribution is 2.13. The Morgan fingerprint density at radius 1 is 1.60 bits per heavy atom. The van der Waals surface area contributed by atoms with Crippen LogP contribution in [-0.2, 0) is 0 Å². The van der Waals surface area contributed by atoms with Gasteiger partial charge in [0.25, 0.3) is 0 Å². The summed E-state index contributed by atoms with van der Waals surface area (Å²) in [4.78, 5) is 4.16. The second-order valence-electron chi connectivity index (χ2n) is 2.54. The number of hydrogen-bond acceptors (Lipinski definition) is 2. The minimum atomic E-state index is 0.388. The molecule has 0 saturated carbocycles. The fourth-order valence-electron chi connectivity index (χ4n) is 1.29. The van der Waals surface area contributed by atoms with Crippen LogP contribution in [0.25, 0.3) is 0 Å². The maximum absolute atomic E-state index is 4.16. The maximum atomic E-state index is 4.16. The zero-order valence-electron chi connectivity index (χ0n) is 5.75. The summed E-state index contributed by atoms with van der Waals surface area (Å²) in [5.41, 5.74) is 1.46. The van der Waals surface area contributed by atoms with Crippen LogP contribution < -0.4 is 5.32 Å². The number of fused-ring (bicyclic) bond motifs is 1. The predicted molar refractivity (Wildman–Crippen MR) is 42.1 cm³/mol. The van der Waals surface area contributed by atoms with Crippen molar-refractivity contribution in [1.82, 2.24) is 5.32 Å². The Balaban J connectivity index is 2.23. The molecule has 0 bridgehead atoms. The highest BCUT2D eigenvalue weighted by Gasteiger charge is 2.13. The molecular formula is C8H10N2. The zero-order chi connectivity index (χ0) is 6.81. The molecule has 2 aliphatic rings. The third-order valence-corrected chi connectivity index (χ3v) is 1.86. The van der Waals surface area contributed by atoms with E-state index >= 15 is 0 Å². The maximum Gasteiger partial charge on any atom is 0.0824 e. The second kappa shape index (κ2) is 2.29. The Bertz CT molecular complexity index is 213. The van der Waals surface area contributed by atoms with Gasteiger partial charge in [-0.3, -0.25) is 4.99 Å². The van der Waals surface area contributed by atoms with Crippen molar-refractivity contribution in [3.63, 3.8) is 0 Å². The first-order valence-corrected chi connectivity index (χ1v) is 3.57. The van der Waals surface area contributed by atoms with Gasteiger partial charge in [-0.2, -0.15) is 0 Å². The molecule has 1 atom stereocenters. The van der Waals surface area contributed by atoms with E-state index in [9.17, 15) is 0 Å². The van der Waals surface area contributed by atoms with Gasteiger partial charge in [0.2, 0.25) is 0 Å². The molecule has 0 spiro atoms. The van der Waals surface area contributed by atoms with Gasteiger partial charge < -0.3 is 5.32 Å². The SMILES string of the molecule is C1=CNC2C=NCC=C2C1. The van der Waals surface area contributed by atoms with E-state index in [1.807, 2.05) is 12.4 Å². The molecule has 0 aromatic rings. The molecule has 0 amide bonds. The number of nitrogens with one attached hydrogen (secondary N) is 1. The van der Waals surface area contributed by atoms with Crippen LogP contribution in [0.5, 0.6) is 0 Å². The lowest BCUT2D eigenvalue weighted by Crippen LogP contribution is -2.32. The molecule has 2 heterocycles. The van der Waals surface area contributed by atoms with E-state index in [1.165, 1.54) is 5.57 Å². The highest BCUT2D eigenvalue weighted by atomic mass is 14.9. The van der Waals surface area contributed by atoms with Crippen molar-refractivity contribution in [3.05, 3.63) is 23.9 Å². The largest absolute Gasteiger partial charge is 0.380 e. The summed E-state index contributed by atoms with van der Waals surface area (Å²) >= 11 is 0. The fourth-order valence-corrected chi connectivity index (χ4v) is 1.29. The summed E-state index contributed by atoms with van der Waals surface area (Å²) in [7, 11) is 0. The van der Waals surface area contributed by atoms with Gasteiger partial charge in [0.1, 0.15) is 0 Å². The molecular weight excluding hydrogens is 124 g/mol. The minimum absolute atomic E-state index is 0.388. The van der Waals surface area contributed by atoms with Crippen LogP contribution in [0.1, 0.15) is 6.42 Å². The Morgan fingerprint density at radius 2 is 2.60 bits per heavy atom. The molecule has 1 N–H and O–H groups in total. The Morgan fingerprint density at radius 3 is 3.50 bits per heavy atom. The van der Waals surface area contributed by atoms with Crippen LogP contribution in [0, 0.1) is 0 Å². The number of aliphatic imine (C=N–C) groups is 1. The molecule has 0 radical (unpaired) electrons. The van der Waals surface area contributed by atoms with Crippen LogP contribution in [0.2, 0.25) is 0 Å². The summed E-state index contributed by atoms with van der Waals surface area (Å²) in [6.45, 7) is 0.862. The van der Waals surface area contributed by atoms with Gasteiger partial charge in [-0.25, -0.2) is 0 Å². The van der Waals surface area contributed by atoms with E-state index in [-0.39, 0.29) is 0 Å². The Hall–Kier alpha value is -1.05. The predicted octanol–water partition coefficient (Wildman–Crippen LogP) is 0.873. The summed E-state index contributed by atoms with van der Waals surface area (Å²) in [6.07, 6.45) is 9.41. The molecule has 0 aliphatic carbocycles. The van der Waals surface area contributed by atoms with Crippen molar-refractivity contribution in [2.45, 2.75) is 12.5 Å². The molecule has 0 saturated heterocycles. The zero-order valence-corrected chi connectivity index (χ0v) is 5.75. The molecule has 52 valence electrons. The van der Waals surface area contributed by atoms with E-state index in [4.69, 9.17) is 0 Å². The van der Waals surface area contributed by atoms with Crippen molar-refractivity contribution < 1.29 is 0 Å². The first-order valence-electron chi connectivity index (χ1n) is 3.57. The summed E-state index contributed by atoms with van der Waals surface area (Å²) in [5.74, 6) is 0. The van der Waals surface area contributed by atoms with E-state index in [0.717, 1.165) is 13.0 Å². The van der Waals surface area contributed by atoms with Gasteiger partial charge in [0.05, 0.1) is 12.6 Å². The van der Waals surface area contributed by atoms with Gasteiger partial charge in [-0.05, 0) is 18.2 Å². The van der Waals surface area contributed by atoms with Crippen molar-refractivity contribution >= 4 is 6.21 Å². The van der Waals surface area contributed by atoms with Gasteiger partial charge in [0.15, 0.2) is 0 Å². The smallest absolute Gasteiger partial charge is 0.0824 e. The summed E-state index contributed by atoms with van der Waals surface area (Å²) < 4.78 is 0. The van der Waals surface area contributed by atoms with Gasteiger partial charge in [-0.15, -0.1) is 0 Å². The van der Waals surface area contributed by atoms with Crippen LogP contribution >= 0.6 is 0 Å². The standard InChI is InChI=1S/C8H10N2/c1-2-7-3-5-9-6-8(7)10-4-1/h1,3-4,6,8,10H,2,5H2. The third-order valence-electron chi connectivity index (χ3n) is 1.86. The van der Waals surface area contributed by atoms with Gasteiger partial charge in [-0.1, -0.05) is 12.2 Å². The average Bonchev–Trinajstić information content (AvgIpc) is 2.05. The molecule has 10 heavy (non-hydrogen) atoms. The molecule has 2 rings (SSSR count). The van der Waals surface area contributed by atoms with E-state index in [0.29, 0.717) is 6.04 Å². The van der Waals surface area contributed by atoms with Crippen LogP contribution in [0.4, 0.5) is 0 Å². The number of allylic oxidation sites excluding steroid dienone is 1. The minimum Gasteiger partial charge on any atom is -0.380 e. The first kappa shape index (κ1) is 5.71. The molecule has 2 nitrogen and oxygen atoms in total.